The first kappa shape index (κ1) is 21.0. The summed E-state index contributed by atoms with van der Waals surface area (Å²) in [5.74, 6) is 0.342. The molecule has 0 saturated carbocycles. The summed E-state index contributed by atoms with van der Waals surface area (Å²) in [5.41, 5.74) is 3.76. The molecule has 1 aromatic carbocycles. The smallest absolute Gasteiger partial charge is 0.224 e. The molecule has 5 heteroatoms. The number of benzene rings is 1. The molecule has 1 aromatic heterocycles. The highest BCUT2D eigenvalue weighted by molar-refractivity contribution is 5.79. The molecule has 4 rings (SSSR count). The molecule has 0 unspecified atom stereocenters. The standard InChI is InChI=1S/C25H34N4O/c1-20-4-6-21(7-5-20)17-27-25(30)23-3-2-14-29(19-23)24-10-15-28(16-11-24)18-22-8-12-26-13-9-22/h4-9,12-13,23-24H,2-3,10-11,14-19H2,1H3,(H,27,30)/t23-/m1/s1. The maximum atomic E-state index is 12.8. The summed E-state index contributed by atoms with van der Waals surface area (Å²) < 4.78 is 0. The quantitative estimate of drug-likeness (QED) is 0.799. The zero-order valence-corrected chi connectivity index (χ0v) is 18.1. The molecule has 0 radical (unpaired) electrons. The van der Waals surface area contributed by atoms with Crippen molar-refractivity contribution in [3.63, 3.8) is 0 Å². The average molecular weight is 407 g/mol. The van der Waals surface area contributed by atoms with Crippen LogP contribution < -0.4 is 5.32 Å². The number of nitrogens with zero attached hydrogens (tertiary/aromatic N) is 3. The Balaban J connectivity index is 1.23. The van der Waals surface area contributed by atoms with Crippen LogP contribution in [0.4, 0.5) is 0 Å². The van der Waals surface area contributed by atoms with Crippen LogP contribution in [-0.4, -0.2) is 52.9 Å². The van der Waals surface area contributed by atoms with E-state index in [4.69, 9.17) is 0 Å². The highest BCUT2D eigenvalue weighted by Gasteiger charge is 2.31. The average Bonchev–Trinajstić information content (AvgIpc) is 2.80. The Morgan fingerprint density at radius 1 is 1.00 bits per heavy atom. The van der Waals surface area contributed by atoms with Gasteiger partial charge in [0, 0.05) is 38.1 Å². The zero-order chi connectivity index (χ0) is 20.8. The molecule has 1 N–H and O–H groups in total. The Hall–Kier alpha value is -2.24. The van der Waals surface area contributed by atoms with Crippen molar-refractivity contribution in [3.8, 4) is 0 Å². The van der Waals surface area contributed by atoms with Gasteiger partial charge >= 0.3 is 0 Å². The van der Waals surface area contributed by atoms with Crippen molar-refractivity contribution < 1.29 is 4.79 Å². The predicted octanol–water partition coefficient (Wildman–Crippen LogP) is 3.38. The maximum Gasteiger partial charge on any atom is 0.224 e. The van der Waals surface area contributed by atoms with Crippen LogP contribution in [0.25, 0.3) is 0 Å². The van der Waals surface area contributed by atoms with E-state index in [0.29, 0.717) is 12.6 Å². The second kappa shape index (κ2) is 10.2. The number of amides is 1. The number of pyridine rings is 1. The summed E-state index contributed by atoms with van der Waals surface area (Å²) in [7, 11) is 0. The number of aromatic nitrogens is 1. The van der Waals surface area contributed by atoms with Crippen LogP contribution in [0.2, 0.25) is 0 Å². The van der Waals surface area contributed by atoms with E-state index in [1.165, 1.54) is 29.5 Å². The number of carbonyl (C=O) groups excluding carboxylic acids is 1. The molecule has 3 heterocycles. The lowest BCUT2D eigenvalue weighted by Gasteiger charge is -2.42. The van der Waals surface area contributed by atoms with Crippen molar-refractivity contribution in [2.24, 2.45) is 5.92 Å². The van der Waals surface area contributed by atoms with Gasteiger partial charge in [-0.1, -0.05) is 29.8 Å². The lowest BCUT2D eigenvalue weighted by atomic mass is 9.93. The topological polar surface area (TPSA) is 48.5 Å². The first-order valence-corrected chi connectivity index (χ1v) is 11.4. The van der Waals surface area contributed by atoms with Crippen LogP contribution >= 0.6 is 0 Å². The molecular weight excluding hydrogens is 372 g/mol. The Bertz CT molecular complexity index is 800. The molecule has 0 bridgehead atoms. The number of likely N-dealkylation sites (tertiary alicyclic amines) is 2. The van der Waals surface area contributed by atoms with Crippen LogP contribution in [0.3, 0.4) is 0 Å². The molecule has 2 saturated heterocycles. The molecule has 2 aliphatic rings. The molecule has 0 spiro atoms. The van der Waals surface area contributed by atoms with Gasteiger partial charge in [0.1, 0.15) is 0 Å². The number of rotatable bonds is 6. The normalized spacial score (nSPS) is 21.4. The van der Waals surface area contributed by atoms with E-state index in [9.17, 15) is 4.79 Å². The van der Waals surface area contributed by atoms with Crippen molar-refractivity contribution in [2.75, 3.05) is 26.2 Å². The summed E-state index contributed by atoms with van der Waals surface area (Å²) in [6.07, 6.45) is 8.28. The maximum absolute atomic E-state index is 12.8. The molecule has 0 aliphatic carbocycles. The number of carbonyl (C=O) groups is 1. The number of hydrogen-bond donors (Lipinski definition) is 1. The van der Waals surface area contributed by atoms with Crippen molar-refractivity contribution in [1.82, 2.24) is 20.1 Å². The van der Waals surface area contributed by atoms with Crippen molar-refractivity contribution in [1.29, 1.82) is 0 Å². The first-order valence-electron chi connectivity index (χ1n) is 11.4. The van der Waals surface area contributed by atoms with E-state index >= 15 is 0 Å². The zero-order valence-electron chi connectivity index (χ0n) is 18.1. The SMILES string of the molecule is Cc1ccc(CNC(=O)[C@@H]2CCCN(C3CCN(Cc4ccncc4)CC3)C2)cc1. The van der Waals surface area contributed by atoms with Gasteiger partial charge in [-0.2, -0.15) is 0 Å². The van der Waals surface area contributed by atoms with Crippen LogP contribution in [0.1, 0.15) is 42.4 Å². The molecule has 2 aliphatic heterocycles. The fraction of sp³-hybridized carbons (Fsp3) is 0.520. The van der Waals surface area contributed by atoms with Gasteiger partial charge in [-0.15, -0.1) is 0 Å². The molecule has 1 amide bonds. The minimum absolute atomic E-state index is 0.124. The Kier molecular flexibility index (Phi) is 7.13. The summed E-state index contributed by atoms with van der Waals surface area (Å²) in [5, 5.41) is 3.17. The molecule has 1 atom stereocenters. The van der Waals surface area contributed by atoms with E-state index < -0.39 is 0 Å². The van der Waals surface area contributed by atoms with E-state index in [0.717, 1.165) is 45.6 Å². The minimum Gasteiger partial charge on any atom is -0.352 e. The summed E-state index contributed by atoms with van der Waals surface area (Å²) in [6, 6.07) is 13.2. The van der Waals surface area contributed by atoms with Crippen LogP contribution in [0.15, 0.2) is 48.8 Å². The Morgan fingerprint density at radius 3 is 2.47 bits per heavy atom. The van der Waals surface area contributed by atoms with E-state index in [2.05, 4.69) is 63.4 Å². The van der Waals surface area contributed by atoms with Crippen LogP contribution in [0, 0.1) is 12.8 Å². The minimum atomic E-state index is 0.124. The van der Waals surface area contributed by atoms with Crippen molar-refractivity contribution >= 4 is 5.91 Å². The highest BCUT2D eigenvalue weighted by Crippen LogP contribution is 2.24. The Labute approximate surface area is 180 Å². The summed E-state index contributed by atoms with van der Waals surface area (Å²) in [4.78, 5) is 22.0. The third kappa shape index (κ3) is 5.67. The molecular formula is C25H34N4O. The van der Waals surface area contributed by atoms with Crippen LogP contribution in [-0.2, 0) is 17.9 Å². The van der Waals surface area contributed by atoms with Gasteiger partial charge in [-0.25, -0.2) is 0 Å². The van der Waals surface area contributed by atoms with E-state index in [-0.39, 0.29) is 11.8 Å². The van der Waals surface area contributed by atoms with Gasteiger partial charge in [-0.05, 0) is 75.5 Å². The second-order valence-corrected chi connectivity index (χ2v) is 8.90. The van der Waals surface area contributed by atoms with Gasteiger partial charge in [0.25, 0.3) is 0 Å². The number of nitrogens with one attached hydrogen (secondary N) is 1. The fourth-order valence-electron chi connectivity index (χ4n) is 4.78. The monoisotopic (exact) mass is 406 g/mol. The lowest BCUT2D eigenvalue weighted by Crippen LogP contribution is -2.50. The molecule has 30 heavy (non-hydrogen) atoms. The second-order valence-electron chi connectivity index (χ2n) is 8.90. The molecule has 2 fully saturated rings. The fourth-order valence-corrected chi connectivity index (χ4v) is 4.78. The highest BCUT2D eigenvalue weighted by atomic mass is 16.1. The summed E-state index contributed by atoms with van der Waals surface area (Å²) >= 11 is 0. The van der Waals surface area contributed by atoms with Crippen molar-refractivity contribution in [3.05, 3.63) is 65.5 Å². The van der Waals surface area contributed by atoms with Gasteiger partial charge in [0.15, 0.2) is 0 Å². The molecule has 5 nitrogen and oxygen atoms in total. The largest absolute Gasteiger partial charge is 0.352 e. The van der Waals surface area contributed by atoms with E-state index in [1.807, 2.05) is 12.4 Å². The third-order valence-electron chi connectivity index (χ3n) is 6.64. The van der Waals surface area contributed by atoms with Gasteiger partial charge < -0.3 is 5.32 Å². The number of aryl methyl sites for hydroxylation is 1. The first-order chi connectivity index (χ1) is 14.7. The Morgan fingerprint density at radius 2 is 1.73 bits per heavy atom. The predicted molar refractivity (Wildman–Crippen MR) is 120 cm³/mol. The van der Waals surface area contributed by atoms with Gasteiger partial charge in [-0.3, -0.25) is 19.6 Å². The van der Waals surface area contributed by atoms with Gasteiger partial charge in [0.05, 0.1) is 5.92 Å². The van der Waals surface area contributed by atoms with E-state index in [1.54, 1.807) is 0 Å². The summed E-state index contributed by atoms with van der Waals surface area (Å²) in [6.45, 7) is 8.04. The number of hydrogen-bond acceptors (Lipinski definition) is 4. The molecule has 160 valence electrons. The van der Waals surface area contributed by atoms with Crippen molar-refractivity contribution in [2.45, 2.75) is 51.7 Å². The number of piperidine rings is 2. The van der Waals surface area contributed by atoms with Crippen LogP contribution in [0.5, 0.6) is 0 Å². The third-order valence-corrected chi connectivity index (χ3v) is 6.64. The molecule has 2 aromatic rings. The lowest BCUT2D eigenvalue weighted by molar-refractivity contribution is -0.127. The van der Waals surface area contributed by atoms with Gasteiger partial charge in [0.2, 0.25) is 5.91 Å².